The first kappa shape index (κ1) is 16.7. The van der Waals surface area contributed by atoms with Gasteiger partial charge in [-0.3, -0.25) is 0 Å². The Morgan fingerprint density at radius 1 is 1.09 bits per heavy atom. The van der Waals surface area contributed by atoms with E-state index in [2.05, 4.69) is 15.9 Å². The highest BCUT2D eigenvalue weighted by molar-refractivity contribution is 9.10. The molecule has 0 aromatic heterocycles. The van der Waals surface area contributed by atoms with E-state index in [0.29, 0.717) is 17.9 Å². The minimum Gasteiger partial charge on any atom is -0.225 e. The zero-order chi connectivity index (χ0) is 16.6. The molecular weight excluding hydrogens is 398 g/mol. The Labute approximate surface area is 149 Å². The van der Waals surface area contributed by atoms with Crippen LogP contribution in [0.5, 0.6) is 0 Å². The van der Waals surface area contributed by atoms with Crippen molar-refractivity contribution in [1.82, 2.24) is 0 Å². The van der Waals surface area contributed by atoms with Gasteiger partial charge in [0.05, 0.1) is 4.91 Å². The maximum absolute atomic E-state index is 12.0. The van der Waals surface area contributed by atoms with Gasteiger partial charge >= 0.3 is 0 Å². The molecule has 3 rings (SSSR count). The molecule has 0 heterocycles. The van der Waals surface area contributed by atoms with Crippen LogP contribution in [-0.4, -0.2) is 8.42 Å². The number of benzene rings is 2. The predicted octanol–water partition coefficient (Wildman–Crippen LogP) is 4.29. The van der Waals surface area contributed by atoms with Crippen molar-refractivity contribution < 1.29 is 8.42 Å². The lowest BCUT2D eigenvalue weighted by atomic mass is 10.0. The molecule has 0 bridgehead atoms. The van der Waals surface area contributed by atoms with E-state index in [1.54, 1.807) is 0 Å². The van der Waals surface area contributed by atoms with Gasteiger partial charge in [-0.2, -0.15) is 0 Å². The van der Waals surface area contributed by atoms with Gasteiger partial charge in [0.15, 0.2) is 0 Å². The first-order valence-electron chi connectivity index (χ1n) is 7.12. The third kappa shape index (κ3) is 3.69. The number of hydrogen-bond acceptors (Lipinski definition) is 2. The molecule has 0 radical (unpaired) electrons. The quantitative estimate of drug-likeness (QED) is 0.814. The maximum atomic E-state index is 12.0. The standard InChI is InChI=1S/C17H15BrClNO2S/c18-14-5-8-16-13(10-14)9-12(17(16)23(20,21)22)4-1-11-2-6-15(19)7-3-11/h2-3,5-8,10H,1,4,9H2,(H2,20,21,22). The molecular formula is C17H15BrClNO2S. The van der Waals surface area contributed by atoms with E-state index in [4.69, 9.17) is 16.7 Å². The van der Waals surface area contributed by atoms with Crippen LogP contribution in [0, 0.1) is 0 Å². The molecule has 2 aromatic rings. The van der Waals surface area contributed by atoms with Crippen LogP contribution in [0.25, 0.3) is 4.91 Å². The molecule has 120 valence electrons. The maximum Gasteiger partial charge on any atom is 0.238 e. The average molecular weight is 413 g/mol. The molecule has 0 spiro atoms. The summed E-state index contributed by atoms with van der Waals surface area (Å²) in [5.74, 6) is 0. The highest BCUT2D eigenvalue weighted by Gasteiger charge is 2.28. The summed E-state index contributed by atoms with van der Waals surface area (Å²) in [4.78, 5) is 0.286. The summed E-state index contributed by atoms with van der Waals surface area (Å²) in [7, 11) is -3.75. The van der Waals surface area contributed by atoms with E-state index in [9.17, 15) is 8.42 Å². The van der Waals surface area contributed by atoms with Crippen molar-refractivity contribution in [3.05, 3.63) is 74.2 Å². The zero-order valence-electron chi connectivity index (χ0n) is 12.2. The van der Waals surface area contributed by atoms with E-state index in [-0.39, 0.29) is 4.91 Å². The second kappa shape index (κ2) is 6.40. The largest absolute Gasteiger partial charge is 0.238 e. The molecule has 0 unspecified atom stereocenters. The fourth-order valence-corrected chi connectivity index (χ4v) is 4.55. The molecule has 1 aliphatic rings. The second-order valence-corrected chi connectivity index (χ2v) is 8.43. The lowest BCUT2D eigenvalue weighted by Gasteiger charge is -2.07. The molecule has 2 N–H and O–H groups in total. The molecule has 0 aliphatic heterocycles. The normalized spacial score (nSPS) is 14.2. The van der Waals surface area contributed by atoms with Gasteiger partial charge in [-0.15, -0.1) is 0 Å². The van der Waals surface area contributed by atoms with Crippen molar-refractivity contribution in [1.29, 1.82) is 0 Å². The fraction of sp³-hybridized carbons (Fsp3) is 0.176. The Morgan fingerprint density at radius 2 is 1.78 bits per heavy atom. The highest BCUT2D eigenvalue weighted by Crippen LogP contribution is 2.38. The fourth-order valence-electron chi connectivity index (χ4n) is 2.93. The number of hydrogen-bond donors (Lipinski definition) is 1. The highest BCUT2D eigenvalue weighted by atomic mass is 79.9. The van der Waals surface area contributed by atoms with Crippen LogP contribution in [0.2, 0.25) is 5.02 Å². The number of nitrogens with two attached hydrogens (primary N) is 1. The van der Waals surface area contributed by atoms with Gasteiger partial charge in [-0.1, -0.05) is 45.7 Å². The first-order chi connectivity index (χ1) is 10.8. The van der Waals surface area contributed by atoms with Crippen LogP contribution < -0.4 is 5.14 Å². The van der Waals surface area contributed by atoms with Crippen molar-refractivity contribution in [2.24, 2.45) is 5.14 Å². The van der Waals surface area contributed by atoms with Crippen LogP contribution in [0.15, 0.2) is 52.5 Å². The Balaban J connectivity index is 1.91. The molecule has 0 saturated carbocycles. The average Bonchev–Trinajstić information content (AvgIpc) is 2.84. The van der Waals surface area contributed by atoms with E-state index in [0.717, 1.165) is 33.2 Å². The van der Waals surface area contributed by atoms with Crippen LogP contribution in [0.1, 0.15) is 23.1 Å². The van der Waals surface area contributed by atoms with Gasteiger partial charge in [0.2, 0.25) is 10.0 Å². The molecule has 1 aliphatic carbocycles. The minimum absolute atomic E-state index is 0.286. The van der Waals surface area contributed by atoms with Gasteiger partial charge in [0, 0.05) is 9.50 Å². The number of primary sulfonamides is 1. The van der Waals surface area contributed by atoms with E-state index < -0.39 is 10.0 Å². The molecule has 6 heteroatoms. The lowest BCUT2D eigenvalue weighted by Crippen LogP contribution is -2.14. The topological polar surface area (TPSA) is 60.2 Å². The number of sulfonamides is 1. The number of fused-ring (bicyclic) bond motifs is 1. The van der Waals surface area contributed by atoms with E-state index in [1.807, 2.05) is 42.5 Å². The van der Waals surface area contributed by atoms with Crippen molar-refractivity contribution >= 4 is 42.5 Å². The van der Waals surface area contributed by atoms with Crippen molar-refractivity contribution in [3.8, 4) is 0 Å². The number of allylic oxidation sites excluding steroid dienone is 1. The van der Waals surface area contributed by atoms with Crippen LogP contribution in [0.4, 0.5) is 0 Å². The Hall–Kier alpha value is -1.14. The summed E-state index contributed by atoms with van der Waals surface area (Å²) in [6.45, 7) is 0. The molecule has 0 atom stereocenters. The molecule has 0 amide bonds. The van der Waals surface area contributed by atoms with Gasteiger partial charge in [0.25, 0.3) is 0 Å². The molecule has 23 heavy (non-hydrogen) atoms. The molecule has 3 nitrogen and oxygen atoms in total. The van der Waals surface area contributed by atoms with Crippen molar-refractivity contribution in [2.45, 2.75) is 19.3 Å². The van der Waals surface area contributed by atoms with Gasteiger partial charge < -0.3 is 0 Å². The van der Waals surface area contributed by atoms with E-state index in [1.165, 1.54) is 0 Å². The third-order valence-corrected chi connectivity index (χ3v) is 5.77. The van der Waals surface area contributed by atoms with Crippen LogP contribution in [0.3, 0.4) is 0 Å². The first-order valence-corrected chi connectivity index (χ1v) is 9.84. The minimum atomic E-state index is -3.75. The smallest absolute Gasteiger partial charge is 0.225 e. The number of rotatable bonds is 4. The number of aryl methyl sites for hydroxylation is 1. The van der Waals surface area contributed by atoms with Gasteiger partial charge in [-0.25, -0.2) is 13.6 Å². The van der Waals surface area contributed by atoms with Crippen molar-refractivity contribution in [2.75, 3.05) is 0 Å². The van der Waals surface area contributed by atoms with Gasteiger partial charge in [-0.05, 0) is 65.8 Å². The Morgan fingerprint density at radius 3 is 2.43 bits per heavy atom. The predicted molar refractivity (Wildman–Crippen MR) is 97.6 cm³/mol. The zero-order valence-corrected chi connectivity index (χ0v) is 15.4. The number of halogens is 2. The summed E-state index contributed by atoms with van der Waals surface area (Å²) in [5, 5.41) is 6.15. The summed E-state index contributed by atoms with van der Waals surface area (Å²) in [6.07, 6.45) is 2.02. The summed E-state index contributed by atoms with van der Waals surface area (Å²) in [5.41, 5.74) is 3.71. The SMILES string of the molecule is NS(=O)(=O)C1=C(CCc2ccc(Cl)cc2)Cc2cc(Br)ccc21. The monoisotopic (exact) mass is 411 g/mol. The van der Waals surface area contributed by atoms with Crippen LogP contribution >= 0.6 is 27.5 Å². The third-order valence-electron chi connectivity index (χ3n) is 3.95. The summed E-state index contributed by atoms with van der Waals surface area (Å²) < 4.78 is 25.0. The van der Waals surface area contributed by atoms with Gasteiger partial charge in [0.1, 0.15) is 0 Å². The molecule has 2 aromatic carbocycles. The van der Waals surface area contributed by atoms with Crippen LogP contribution in [-0.2, 0) is 22.9 Å². The summed E-state index contributed by atoms with van der Waals surface area (Å²) >= 11 is 9.31. The Bertz CT molecular complexity index is 889. The second-order valence-electron chi connectivity index (χ2n) is 5.58. The summed E-state index contributed by atoms with van der Waals surface area (Å²) in [6, 6.07) is 13.2. The Kier molecular flexibility index (Phi) is 4.65. The lowest BCUT2D eigenvalue weighted by molar-refractivity contribution is 0.607. The molecule has 0 saturated heterocycles. The molecule has 0 fully saturated rings. The van der Waals surface area contributed by atoms with Crippen molar-refractivity contribution in [3.63, 3.8) is 0 Å². The van der Waals surface area contributed by atoms with E-state index >= 15 is 0 Å².